The lowest BCUT2D eigenvalue weighted by Gasteiger charge is -2.25. The molecule has 5 nitrogen and oxygen atoms in total. The summed E-state index contributed by atoms with van der Waals surface area (Å²) in [4.78, 5) is 27.1. The van der Waals surface area contributed by atoms with Crippen LogP contribution in [0.5, 0.6) is 0 Å². The van der Waals surface area contributed by atoms with Gasteiger partial charge in [0.1, 0.15) is 11.6 Å². The Morgan fingerprint density at radius 1 is 1.00 bits per heavy atom. The van der Waals surface area contributed by atoms with Crippen LogP contribution in [-0.4, -0.2) is 16.8 Å². The maximum atomic E-state index is 14.8. The predicted molar refractivity (Wildman–Crippen MR) is 114 cm³/mol. The normalized spacial score (nSPS) is 17.6. The van der Waals surface area contributed by atoms with Gasteiger partial charge in [0.05, 0.1) is 23.2 Å². The number of Topliss-reactive ketones (excluding diaryl/α,β-unsaturated/α-hetero) is 1. The quantitative estimate of drug-likeness (QED) is 0.359. The number of anilines is 1. The fourth-order valence-electron chi connectivity index (χ4n) is 3.55. The lowest BCUT2D eigenvalue weighted by atomic mass is 9.94. The number of carbonyl (C=O) groups is 2. The van der Waals surface area contributed by atoms with Gasteiger partial charge in [-0.1, -0.05) is 29.8 Å². The molecule has 1 unspecified atom stereocenters. The molecule has 1 atom stereocenters. The summed E-state index contributed by atoms with van der Waals surface area (Å²) in [6, 6.07) is 18.6. The Morgan fingerprint density at radius 2 is 1.65 bits per heavy atom. The van der Waals surface area contributed by atoms with Crippen molar-refractivity contribution in [3.8, 4) is 6.07 Å². The summed E-state index contributed by atoms with van der Waals surface area (Å²) < 4.78 is 14.8. The summed E-state index contributed by atoms with van der Waals surface area (Å²) in [6.07, 6.45) is 0. The van der Waals surface area contributed by atoms with Crippen molar-refractivity contribution in [3.63, 3.8) is 0 Å². The van der Waals surface area contributed by atoms with Crippen molar-refractivity contribution in [1.82, 2.24) is 0 Å². The summed E-state index contributed by atoms with van der Waals surface area (Å²) in [5.74, 6) is -2.91. The molecule has 0 spiro atoms. The van der Waals surface area contributed by atoms with Gasteiger partial charge in [-0.15, -0.1) is 0 Å². The molecule has 7 heteroatoms. The first kappa shape index (κ1) is 20.3. The smallest absolute Gasteiger partial charge is 0.300 e. The topological polar surface area (TPSA) is 81.4 Å². The Balaban J connectivity index is 1.95. The van der Waals surface area contributed by atoms with Gasteiger partial charge < -0.3 is 5.11 Å². The molecule has 1 amide bonds. The second-order valence-electron chi connectivity index (χ2n) is 6.86. The van der Waals surface area contributed by atoms with Gasteiger partial charge in [-0.05, 0) is 54.6 Å². The van der Waals surface area contributed by atoms with E-state index in [0.29, 0.717) is 16.3 Å². The first-order valence-corrected chi connectivity index (χ1v) is 9.61. The minimum Gasteiger partial charge on any atom is -0.507 e. The van der Waals surface area contributed by atoms with E-state index in [-0.39, 0.29) is 16.7 Å². The van der Waals surface area contributed by atoms with E-state index in [4.69, 9.17) is 16.9 Å². The van der Waals surface area contributed by atoms with Gasteiger partial charge in [0, 0.05) is 21.8 Å². The van der Waals surface area contributed by atoms with Gasteiger partial charge in [-0.2, -0.15) is 5.26 Å². The van der Waals surface area contributed by atoms with E-state index in [1.165, 1.54) is 66.7 Å². The fraction of sp³-hybridized carbons (Fsp3) is 0.0417. The standard InChI is InChI=1S/C24H14ClFN2O3/c25-16-9-7-15(8-10-16)22(29)20-21(18-3-1-2-4-19(18)26)28(24(31)23(20)30)17-11-5-14(13-27)6-12-17/h1-12,21,29H/b22-20-. The van der Waals surface area contributed by atoms with Crippen molar-refractivity contribution in [2.45, 2.75) is 6.04 Å². The average molecular weight is 433 g/mol. The molecular weight excluding hydrogens is 419 g/mol. The Morgan fingerprint density at radius 3 is 2.26 bits per heavy atom. The number of aliphatic hydroxyl groups is 1. The van der Waals surface area contributed by atoms with E-state index in [2.05, 4.69) is 0 Å². The number of carbonyl (C=O) groups excluding carboxylic acids is 2. The second-order valence-corrected chi connectivity index (χ2v) is 7.29. The molecule has 4 rings (SSSR count). The first-order chi connectivity index (χ1) is 14.9. The summed E-state index contributed by atoms with van der Waals surface area (Å²) in [5, 5.41) is 20.4. The predicted octanol–water partition coefficient (Wildman–Crippen LogP) is 4.98. The van der Waals surface area contributed by atoms with Gasteiger partial charge in [0.2, 0.25) is 0 Å². The van der Waals surface area contributed by atoms with Crippen LogP contribution < -0.4 is 4.90 Å². The zero-order valence-corrected chi connectivity index (χ0v) is 16.7. The van der Waals surface area contributed by atoms with Crippen molar-refractivity contribution in [2.24, 2.45) is 0 Å². The van der Waals surface area contributed by atoms with Gasteiger partial charge in [0.25, 0.3) is 11.7 Å². The Labute approximate surface area is 182 Å². The molecule has 3 aromatic carbocycles. The number of amides is 1. The minimum absolute atomic E-state index is 0.0570. The van der Waals surface area contributed by atoms with Crippen LogP contribution in [-0.2, 0) is 9.59 Å². The van der Waals surface area contributed by atoms with E-state index in [0.717, 1.165) is 4.90 Å². The highest BCUT2D eigenvalue weighted by Gasteiger charge is 2.47. The van der Waals surface area contributed by atoms with Crippen LogP contribution in [0.3, 0.4) is 0 Å². The third kappa shape index (κ3) is 3.56. The van der Waals surface area contributed by atoms with Gasteiger partial charge in [-0.25, -0.2) is 4.39 Å². The summed E-state index contributed by atoms with van der Waals surface area (Å²) in [7, 11) is 0. The zero-order chi connectivity index (χ0) is 22.1. The minimum atomic E-state index is -1.19. The van der Waals surface area contributed by atoms with Crippen LogP contribution in [0.2, 0.25) is 5.02 Å². The van der Waals surface area contributed by atoms with Crippen molar-refractivity contribution in [3.05, 3.63) is 106 Å². The molecule has 152 valence electrons. The molecule has 1 heterocycles. The number of hydrogen-bond acceptors (Lipinski definition) is 4. The molecule has 0 radical (unpaired) electrons. The molecular formula is C24H14ClFN2O3. The van der Waals surface area contributed by atoms with E-state index >= 15 is 0 Å². The maximum Gasteiger partial charge on any atom is 0.300 e. The number of aliphatic hydroxyl groups excluding tert-OH is 1. The maximum absolute atomic E-state index is 14.8. The molecule has 0 saturated carbocycles. The van der Waals surface area contributed by atoms with Gasteiger partial charge in [0.15, 0.2) is 0 Å². The van der Waals surface area contributed by atoms with E-state index in [1.807, 2.05) is 6.07 Å². The van der Waals surface area contributed by atoms with Crippen molar-refractivity contribution < 1.29 is 19.1 Å². The van der Waals surface area contributed by atoms with Crippen molar-refractivity contribution in [2.75, 3.05) is 4.90 Å². The lowest BCUT2D eigenvalue weighted by molar-refractivity contribution is -0.132. The molecule has 1 saturated heterocycles. The molecule has 1 aliphatic heterocycles. The Hall–Kier alpha value is -3.95. The van der Waals surface area contributed by atoms with Crippen LogP contribution in [0.4, 0.5) is 10.1 Å². The highest BCUT2D eigenvalue weighted by atomic mass is 35.5. The molecule has 3 aromatic rings. The largest absolute Gasteiger partial charge is 0.507 e. The SMILES string of the molecule is N#Cc1ccc(N2C(=O)C(=O)/C(=C(\O)c3ccc(Cl)cc3)C2c2ccccc2F)cc1. The van der Waals surface area contributed by atoms with Crippen LogP contribution in [0.15, 0.2) is 78.4 Å². The highest BCUT2D eigenvalue weighted by Crippen LogP contribution is 2.42. The molecule has 0 aliphatic carbocycles. The molecule has 0 bridgehead atoms. The Kier molecular flexibility index (Phi) is 5.28. The number of rotatable bonds is 3. The van der Waals surface area contributed by atoms with Crippen molar-refractivity contribution >= 4 is 34.7 Å². The van der Waals surface area contributed by atoms with E-state index in [1.54, 1.807) is 6.07 Å². The van der Waals surface area contributed by atoms with E-state index < -0.39 is 29.3 Å². The van der Waals surface area contributed by atoms with Crippen molar-refractivity contribution in [1.29, 1.82) is 5.26 Å². The van der Waals surface area contributed by atoms with Crippen LogP contribution >= 0.6 is 11.6 Å². The van der Waals surface area contributed by atoms with Crippen LogP contribution in [0.25, 0.3) is 5.76 Å². The molecule has 0 aromatic heterocycles. The number of halogens is 2. The van der Waals surface area contributed by atoms with Gasteiger partial charge in [-0.3, -0.25) is 14.5 Å². The molecule has 31 heavy (non-hydrogen) atoms. The molecule has 1 aliphatic rings. The number of nitriles is 1. The van der Waals surface area contributed by atoms with Crippen LogP contribution in [0.1, 0.15) is 22.7 Å². The third-order valence-electron chi connectivity index (χ3n) is 5.04. The second kappa shape index (κ2) is 8.05. The lowest BCUT2D eigenvalue weighted by Crippen LogP contribution is -2.29. The van der Waals surface area contributed by atoms with E-state index in [9.17, 15) is 19.1 Å². The average Bonchev–Trinajstić information content (AvgIpc) is 3.04. The number of ketones is 1. The molecule has 1 N–H and O–H groups in total. The number of hydrogen-bond donors (Lipinski definition) is 1. The molecule has 1 fully saturated rings. The monoisotopic (exact) mass is 432 g/mol. The Bertz CT molecular complexity index is 1260. The summed E-state index contributed by atoms with van der Waals surface area (Å²) in [5.41, 5.74) is 0.750. The highest BCUT2D eigenvalue weighted by molar-refractivity contribution is 6.51. The fourth-order valence-corrected chi connectivity index (χ4v) is 3.68. The zero-order valence-electron chi connectivity index (χ0n) is 15.9. The first-order valence-electron chi connectivity index (χ1n) is 9.24. The summed E-state index contributed by atoms with van der Waals surface area (Å²) in [6.45, 7) is 0. The number of benzene rings is 3. The third-order valence-corrected chi connectivity index (χ3v) is 5.29. The van der Waals surface area contributed by atoms with Crippen LogP contribution in [0, 0.1) is 17.1 Å². The number of nitrogens with zero attached hydrogens (tertiary/aromatic N) is 2. The van der Waals surface area contributed by atoms with Gasteiger partial charge >= 0.3 is 0 Å². The summed E-state index contributed by atoms with van der Waals surface area (Å²) >= 11 is 5.90.